The molecular weight excluding hydrogens is 396 g/mol. The predicted molar refractivity (Wildman–Crippen MR) is 131 cm³/mol. The zero-order valence-corrected chi connectivity index (χ0v) is 19.8. The van der Waals surface area contributed by atoms with Gasteiger partial charge in [0.2, 0.25) is 0 Å². The lowest BCUT2D eigenvalue weighted by atomic mass is 9.78. The Morgan fingerprint density at radius 1 is 0.875 bits per heavy atom. The van der Waals surface area contributed by atoms with Crippen LogP contribution in [-0.2, 0) is 16.0 Å². The van der Waals surface area contributed by atoms with E-state index in [-0.39, 0.29) is 11.6 Å². The Labute approximate surface area is 193 Å². The topological polar surface area (TPSA) is 43.4 Å². The van der Waals surface area contributed by atoms with Crippen LogP contribution in [0.2, 0.25) is 0 Å². The van der Waals surface area contributed by atoms with Crippen LogP contribution in [0.5, 0.6) is 5.75 Å². The van der Waals surface area contributed by atoms with E-state index in [0.717, 1.165) is 41.9 Å². The Morgan fingerprint density at radius 2 is 1.50 bits per heavy atom. The molecule has 172 valence electrons. The average molecular weight is 435 g/mol. The largest absolute Gasteiger partial charge is 0.494 e. The number of hydrogen-bond acceptors (Lipinski definition) is 3. The highest BCUT2D eigenvalue weighted by atomic mass is 16.5. The zero-order chi connectivity index (χ0) is 22.8. The highest BCUT2D eigenvalue weighted by Crippen LogP contribution is 2.28. The zero-order valence-electron chi connectivity index (χ0n) is 19.8. The third kappa shape index (κ3) is 7.32. The molecular formula is C29H38O3. The summed E-state index contributed by atoms with van der Waals surface area (Å²) in [6.45, 7) is 5.10. The van der Waals surface area contributed by atoms with Crippen molar-refractivity contribution in [3.8, 4) is 16.9 Å². The van der Waals surface area contributed by atoms with Crippen LogP contribution in [0.3, 0.4) is 0 Å². The van der Waals surface area contributed by atoms with Crippen molar-refractivity contribution in [1.29, 1.82) is 0 Å². The standard InChI is InChI=1S/C29H38O3/c1-3-4-5-6-7-8-19-32-26-16-14-25(15-17-26)24-12-10-23(11-13-24)21-29(31)27-18-9-22(2)20-28(27)30/h10-17,22,27H,3-9,18-21H2,1-2H3. The van der Waals surface area contributed by atoms with E-state index in [2.05, 4.69) is 38.1 Å². The van der Waals surface area contributed by atoms with Gasteiger partial charge in [-0.2, -0.15) is 0 Å². The molecule has 2 unspecified atom stereocenters. The molecule has 0 bridgehead atoms. The van der Waals surface area contributed by atoms with Gasteiger partial charge in [-0.3, -0.25) is 9.59 Å². The highest BCUT2D eigenvalue weighted by molar-refractivity contribution is 6.03. The molecule has 1 saturated carbocycles. The van der Waals surface area contributed by atoms with Crippen molar-refractivity contribution in [3.63, 3.8) is 0 Å². The summed E-state index contributed by atoms with van der Waals surface area (Å²) in [5, 5.41) is 0. The number of unbranched alkanes of at least 4 members (excludes halogenated alkanes) is 5. The minimum Gasteiger partial charge on any atom is -0.494 e. The SMILES string of the molecule is CCCCCCCCOc1ccc(-c2ccc(CC(=O)C3CCC(C)CC3=O)cc2)cc1. The summed E-state index contributed by atoms with van der Waals surface area (Å²) >= 11 is 0. The Kier molecular flexibility index (Phi) is 9.52. The number of ketones is 2. The summed E-state index contributed by atoms with van der Waals surface area (Å²) < 4.78 is 5.87. The van der Waals surface area contributed by atoms with Crippen LogP contribution in [0.25, 0.3) is 11.1 Å². The van der Waals surface area contributed by atoms with Crippen LogP contribution in [0.15, 0.2) is 48.5 Å². The predicted octanol–water partition coefficient (Wildman–Crippen LogP) is 7.21. The van der Waals surface area contributed by atoms with E-state index in [1.54, 1.807) is 0 Å². The minimum absolute atomic E-state index is 0.0708. The van der Waals surface area contributed by atoms with Crippen molar-refractivity contribution in [2.45, 2.75) is 78.1 Å². The molecule has 0 spiro atoms. The number of rotatable bonds is 12. The number of hydrogen-bond donors (Lipinski definition) is 0. The summed E-state index contributed by atoms with van der Waals surface area (Å²) in [4.78, 5) is 24.8. The van der Waals surface area contributed by atoms with E-state index in [0.29, 0.717) is 25.2 Å². The van der Waals surface area contributed by atoms with Crippen molar-refractivity contribution in [3.05, 3.63) is 54.1 Å². The van der Waals surface area contributed by atoms with Crippen LogP contribution < -0.4 is 4.74 Å². The van der Waals surface area contributed by atoms with Gasteiger partial charge in [-0.1, -0.05) is 82.3 Å². The Morgan fingerprint density at radius 3 is 2.16 bits per heavy atom. The van der Waals surface area contributed by atoms with Crippen LogP contribution in [0.4, 0.5) is 0 Å². The fourth-order valence-corrected chi connectivity index (χ4v) is 4.50. The Balaban J connectivity index is 1.46. The lowest BCUT2D eigenvalue weighted by Crippen LogP contribution is -2.31. The first-order valence-electron chi connectivity index (χ1n) is 12.4. The first-order valence-corrected chi connectivity index (χ1v) is 12.4. The maximum atomic E-state index is 12.6. The van der Waals surface area contributed by atoms with Gasteiger partial charge < -0.3 is 4.74 Å². The van der Waals surface area contributed by atoms with E-state index in [1.165, 1.54) is 32.1 Å². The van der Waals surface area contributed by atoms with Crippen molar-refractivity contribution in [2.24, 2.45) is 11.8 Å². The third-order valence-electron chi connectivity index (χ3n) is 6.56. The van der Waals surface area contributed by atoms with Crippen molar-refractivity contribution in [2.75, 3.05) is 6.61 Å². The molecule has 0 aromatic heterocycles. The summed E-state index contributed by atoms with van der Waals surface area (Å²) in [5.41, 5.74) is 3.22. The molecule has 1 aliphatic rings. The first-order chi connectivity index (χ1) is 15.6. The Bertz CT molecular complexity index is 851. The fraction of sp³-hybridized carbons (Fsp3) is 0.517. The van der Waals surface area contributed by atoms with Crippen LogP contribution >= 0.6 is 0 Å². The van der Waals surface area contributed by atoms with Gasteiger partial charge in [0.15, 0.2) is 0 Å². The molecule has 1 aliphatic carbocycles. The maximum absolute atomic E-state index is 12.6. The molecule has 32 heavy (non-hydrogen) atoms. The summed E-state index contributed by atoms with van der Waals surface area (Å²) in [7, 11) is 0. The van der Waals surface area contributed by atoms with E-state index < -0.39 is 5.92 Å². The average Bonchev–Trinajstić information content (AvgIpc) is 2.79. The van der Waals surface area contributed by atoms with Crippen molar-refractivity contribution < 1.29 is 14.3 Å². The van der Waals surface area contributed by atoms with Gasteiger partial charge in [0.25, 0.3) is 0 Å². The fourth-order valence-electron chi connectivity index (χ4n) is 4.50. The van der Waals surface area contributed by atoms with Gasteiger partial charge in [-0.05, 0) is 54.0 Å². The normalized spacial score (nSPS) is 18.5. The summed E-state index contributed by atoms with van der Waals surface area (Å²) in [6.07, 6.45) is 10.2. The van der Waals surface area contributed by atoms with Crippen LogP contribution in [-0.4, -0.2) is 18.2 Å². The molecule has 3 heteroatoms. The number of ether oxygens (including phenoxy) is 1. The number of carbonyl (C=O) groups is 2. The van der Waals surface area contributed by atoms with E-state index in [9.17, 15) is 9.59 Å². The van der Waals surface area contributed by atoms with Gasteiger partial charge in [0.1, 0.15) is 17.3 Å². The molecule has 0 heterocycles. The monoisotopic (exact) mass is 434 g/mol. The molecule has 0 saturated heterocycles. The molecule has 1 fully saturated rings. The molecule has 3 rings (SSSR count). The second-order valence-electron chi connectivity index (χ2n) is 9.39. The minimum atomic E-state index is -0.394. The molecule has 0 amide bonds. The van der Waals surface area contributed by atoms with E-state index in [4.69, 9.17) is 4.74 Å². The Hall–Kier alpha value is -2.42. The number of Topliss-reactive ketones (excluding diaryl/α,β-unsaturated/α-hetero) is 2. The molecule has 0 aliphatic heterocycles. The van der Waals surface area contributed by atoms with Crippen LogP contribution in [0, 0.1) is 11.8 Å². The highest BCUT2D eigenvalue weighted by Gasteiger charge is 2.31. The summed E-state index contributed by atoms with van der Waals surface area (Å²) in [6, 6.07) is 16.3. The maximum Gasteiger partial charge on any atom is 0.147 e. The van der Waals surface area contributed by atoms with E-state index >= 15 is 0 Å². The lowest BCUT2D eigenvalue weighted by molar-refractivity contribution is -0.134. The van der Waals surface area contributed by atoms with E-state index in [1.807, 2.05) is 24.3 Å². The second kappa shape index (κ2) is 12.6. The van der Waals surface area contributed by atoms with Gasteiger partial charge >= 0.3 is 0 Å². The molecule has 2 aromatic rings. The molecule has 3 nitrogen and oxygen atoms in total. The molecule has 0 radical (unpaired) electrons. The number of benzene rings is 2. The summed E-state index contributed by atoms with van der Waals surface area (Å²) in [5.74, 6) is 1.13. The third-order valence-corrected chi connectivity index (χ3v) is 6.56. The smallest absolute Gasteiger partial charge is 0.147 e. The first kappa shape index (κ1) is 24.2. The van der Waals surface area contributed by atoms with Gasteiger partial charge in [-0.15, -0.1) is 0 Å². The van der Waals surface area contributed by atoms with Gasteiger partial charge in [0.05, 0.1) is 12.5 Å². The number of carbonyl (C=O) groups excluding carboxylic acids is 2. The van der Waals surface area contributed by atoms with Crippen LogP contribution in [0.1, 0.15) is 77.2 Å². The van der Waals surface area contributed by atoms with Crippen molar-refractivity contribution in [1.82, 2.24) is 0 Å². The quantitative estimate of drug-likeness (QED) is 0.262. The molecule has 2 aromatic carbocycles. The van der Waals surface area contributed by atoms with Crippen molar-refractivity contribution >= 4 is 11.6 Å². The second-order valence-corrected chi connectivity index (χ2v) is 9.39. The molecule has 2 atom stereocenters. The van der Waals surface area contributed by atoms with Gasteiger partial charge in [-0.25, -0.2) is 0 Å². The molecule has 0 N–H and O–H groups in total. The van der Waals surface area contributed by atoms with Gasteiger partial charge in [0, 0.05) is 12.8 Å². The lowest BCUT2D eigenvalue weighted by Gasteiger charge is -2.23.